The number of rotatable bonds is 11. The average molecular weight is 311 g/mol. The van der Waals surface area contributed by atoms with Crippen LogP contribution in [0.15, 0.2) is 18.2 Å². The zero-order valence-corrected chi connectivity index (χ0v) is 14.6. The van der Waals surface area contributed by atoms with E-state index in [9.17, 15) is 0 Å². The molecular weight excluding hydrogens is 282 g/mol. The Labute approximate surface area is 133 Å². The first-order valence-corrected chi connectivity index (χ1v) is 9.15. The summed E-state index contributed by atoms with van der Waals surface area (Å²) in [6.45, 7) is 9.72. The van der Waals surface area contributed by atoms with Crippen molar-refractivity contribution < 1.29 is 9.47 Å². The predicted octanol–water partition coefficient (Wildman–Crippen LogP) is 3.96. The summed E-state index contributed by atoms with van der Waals surface area (Å²) < 4.78 is 11.5. The molecule has 0 saturated carbocycles. The Kier molecular flexibility index (Phi) is 9.35. The van der Waals surface area contributed by atoms with Gasteiger partial charge in [-0.15, -0.1) is 0 Å². The summed E-state index contributed by atoms with van der Waals surface area (Å²) in [6, 6.07) is 6.22. The molecule has 0 bridgehead atoms. The van der Waals surface area contributed by atoms with Crippen LogP contribution in [0.25, 0.3) is 0 Å². The Balaban J connectivity index is 2.58. The number of benzene rings is 1. The molecule has 21 heavy (non-hydrogen) atoms. The SMILES string of the molecule is CCOc1cc(CNCC(C)C)ccc1OCCCSC. The van der Waals surface area contributed by atoms with Crippen LogP contribution in [-0.2, 0) is 6.54 Å². The predicted molar refractivity (Wildman–Crippen MR) is 92.6 cm³/mol. The van der Waals surface area contributed by atoms with Crippen LogP contribution >= 0.6 is 11.8 Å². The van der Waals surface area contributed by atoms with E-state index < -0.39 is 0 Å². The molecule has 1 N–H and O–H groups in total. The molecule has 1 rings (SSSR count). The lowest BCUT2D eigenvalue weighted by molar-refractivity contribution is 0.277. The van der Waals surface area contributed by atoms with Gasteiger partial charge in [-0.05, 0) is 55.5 Å². The number of ether oxygens (including phenoxy) is 2. The fourth-order valence-corrected chi connectivity index (χ4v) is 2.35. The van der Waals surface area contributed by atoms with Crippen LogP contribution in [-0.4, -0.2) is 31.8 Å². The minimum Gasteiger partial charge on any atom is -0.490 e. The van der Waals surface area contributed by atoms with E-state index in [1.54, 1.807) is 0 Å². The van der Waals surface area contributed by atoms with Gasteiger partial charge in [0.2, 0.25) is 0 Å². The van der Waals surface area contributed by atoms with Crippen molar-refractivity contribution in [2.45, 2.75) is 33.7 Å². The van der Waals surface area contributed by atoms with E-state index >= 15 is 0 Å². The molecule has 0 heterocycles. The van der Waals surface area contributed by atoms with Crippen molar-refractivity contribution in [2.24, 2.45) is 5.92 Å². The molecule has 1 aromatic carbocycles. The van der Waals surface area contributed by atoms with Crippen LogP contribution in [0.3, 0.4) is 0 Å². The summed E-state index contributed by atoms with van der Waals surface area (Å²) >= 11 is 1.85. The molecule has 4 heteroatoms. The van der Waals surface area contributed by atoms with Crippen molar-refractivity contribution in [3.8, 4) is 11.5 Å². The van der Waals surface area contributed by atoms with Crippen LogP contribution in [0.1, 0.15) is 32.8 Å². The number of hydrogen-bond donors (Lipinski definition) is 1. The zero-order chi connectivity index (χ0) is 15.5. The first kappa shape index (κ1) is 18.2. The number of nitrogens with one attached hydrogen (secondary N) is 1. The van der Waals surface area contributed by atoms with E-state index in [1.807, 2.05) is 24.8 Å². The Hall–Kier alpha value is -0.870. The lowest BCUT2D eigenvalue weighted by Gasteiger charge is -2.14. The molecule has 0 aliphatic rings. The van der Waals surface area contributed by atoms with Gasteiger partial charge < -0.3 is 14.8 Å². The highest BCUT2D eigenvalue weighted by atomic mass is 32.2. The van der Waals surface area contributed by atoms with Crippen molar-refractivity contribution in [1.82, 2.24) is 5.32 Å². The van der Waals surface area contributed by atoms with Crippen LogP contribution in [0, 0.1) is 5.92 Å². The highest BCUT2D eigenvalue weighted by molar-refractivity contribution is 7.98. The highest BCUT2D eigenvalue weighted by Gasteiger charge is 2.06. The molecule has 0 aromatic heterocycles. The van der Waals surface area contributed by atoms with Crippen molar-refractivity contribution in [3.63, 3.8) is 0 Å². The molecule has 3 nitrogen and oxygen atoms in total. The molecule has 120 valence electrons. The normalized spacial score (nSPS) is 10.9. The van der Waals surface area contributed by atoms with E-state index in [4.69, 9.17) is 9.47 Å². The molecule has 0 spiro atoms. The van der Waals surface area contributed by atoms with Crippen LogP contribution in [0.4, 0.5) is 0 Å². The molecule has 1 aromatic rings. The number of hydrogen-bond acceptors (Lipinski definition) is 4. The van der Waals surface area contributed by atoms with Crippen LogP contribution < -0.4 is 14.8 Å². The van der Waals surface area contributed by atoms with E-state index in [2.05, 4.69) is 37.6 Å². The molecular formula is C17H29NO2S. The van der Waals surface area contributed by atoms with Gasteiger partial charge in [0.15, 0.2) is 11.5 Å². The average Bonchev–Trinajstić information content (AvgIpc) is 2.45. The van der Waals surface area contributed by atoms with E-state index in [1.165, 1.54) is 5.56 Å². The standard InChI is InChI=1S/C17H29NO2S/c1-5-19-17-11-15(13-18-12-14(2)3)7-8-16(17)20-9-6-10-21-4/h7-8,11,14,18H,5-6,9-10,12-13H2,1-4H3. The van der Waals surface area contributed by atoms with Crippen molar-refractivity contribution >= 4 is 11.8 Å². The lowest BCUT2D eigenvalue weighted by Crippen LogP contribution is -2.19. The summed E-state index contributed by atoms with van der Waals surface area (Å²) in [5.74, 6) is 3.49. The van der Waals surface area contributed by atoms with Gasteiger partial charge in [-0.25, -0.2) is 0 Å². The highest BCUT2D eigenvalue weighted by Crippen LogP contribution is 2.28. The molecule has 0 aliphatic heterocycles. The van der Waals surface area contributed by atoms with E-state index in [0.29, 0.717) is 12.5 Å². The Morgan fingerprint density at radius 1 is 1.19 bits per heavy atom. The third kappa shape index (κ3) is 7.63. The lowest BCUT2D eigenvalue weighted by atomic mass is 10.2. The second-order valence-electron chi connectivity index (χ2n) is 5.43. The van der Waals surface area contributed by atoms with Gasteiger partial charge in [-0.1, -0.05) is 19.9 Å². The molecule has 0 aliphatic carbocycles. The second-order valence-corrected chi connectivity index (χ2v) is 6.42. The molecule has 0 unspecified atom stereocenters. The summed E-state index contributed by atoms with van der Waals surface area (Å²) in [4.78, 5) is 0. The van der Waals surface area contributed by atoms with E-state index in [0.717, 1.165) is 43.4 Å². The van der Waals surface area contributed by atoms with Gasteiger partial charge in [0.05, 0.1) is 13.2 Å². The maximum Gasteiger partial charge on any atom is 0.161 e. The summed E-state index contributed by atoms with van der Waals surface area (Å²) in [5.41, 5.74) is 1.23. The quantitative estimate of drug-likeness (QED) is 0.627. The maximum atomic E-state index is 5.83. The topological polar surface area (TPSA) is 30.5 Å². The number of thioether (sulfide) groups is 1. The monoisotopic (exact) mass is 311 g/mol. The third-order valence-corrected chi connectivity index (χ3v) is 3.64. The Morgan fingerprint density at radius 2 is 2.00 bits per heavy atom. The minimum atomic E-state index is 0.657. The molecule has 0 fully saturated rings. The summed E-state index contributed by atoms with van der Waals surface area (Å²) in [6.07, 6.45) is 3.18. The minimum absolute atomic E-state index is 0.657. The van der Waals surface area contributed by atoms with E-state index in [-0.39, 0.29) is 0 Å². The Morgan fingerprint density at radius 3 is 2.67 bits per heavy atom. The molecule has 0 saturated heterocycles. The van der Waals surface area contributed by atoms with Gasteiger partial charge in [-0.2, -0.15) is 11.8 Å². The fourth-order valence-electron chi connectivity index (χ4n) is 1.94. The molecule has 0 amide bonds. The third-order valence-electron chi connectivity index (χ3n) is 2.94. The molecule has 0 radical (unpaired) electrons. The second kappa shape index (κ2) is 10.8. The van der Waals surface area contributed by atoms with Crippen molar-refractivity contribution in [1.29, 1.82) is 0 Å². The Bertz CT molecular complexity index is 396. The summed E-state index contributed by atoms with van der Waals surface area (Å²) in [5, 5.41) is 3.45. The van der Waals surface area contributed by atoms with Crippen LogP contribution in [0.2, 0.25) is 0 Å². The first-order chi connectivity index (χ1) is 10.2. The zero-order valence-electron chi connectivity index (χ0n) is 13.8. The largest absolute Gasteiger partial charge is 0.490 e. The van der Waals surface area contributed by atoms with Crippen LogP contribution in [0.5, 0.6) is 11.5 Å². The van der Waals surface area contributed by atoms with Crippen molar-refractivity contribution in [3.05, 3.63) is 23.8 Å². The fraction of sp³-hybridized carbons (Fsp3) is 0.647. The van der Waals surface area contributed by atoms with Gasteiger partial charge in [0, 0.05) is 6.54 Å². The molecule has 0 atom stereocenters. The maximum absolute atomic E-state index is 5.83. The first-order valence-electron chi connectivity index (χ1n) is 7.75. The van der Waals surface area contributed by atoms with Gasteiger partial charge in [-0.3, -0.25) is 0 Å². The van der Waals surface area contributed by atoms with Gasteiger partial charge in [0.25, 0.3) is 0 Å². The smallest absolute Gasteiger partial charge is 0.161 e. The van der Waals surface area contributed by atoms with Crippen molar-refractivity contribution in [2.75, 3.05) is 31.8 Å². The summed E-state index contributed by atoms with van der Waals surface area (Å²) in [7, 11) is 0. The van der Waals surface area contributed by atoms with Gasteiger partial charge in [0.1, 0.15) is 0 Å². The van der Waals surface area contributed by atoms with Gasteiger partial charge >= 0.3 is 0 Å².